The van der Waals surface area contributed by atoms with Crippen LogP contribution in [0.15, 0.2) is 29.2 Å². The number of nitrogens with one attached hydrogen (secondary N) is 1. The highest BCUT2D eigenvalue weighted by atomic mass is 32.2. The van der Waals surface area contributed by atoms with E-state index in [0.717, 1.165) is 24.6 Å². The van der Waals surface area contributed by atoms with Gasteiger partial charge in [-0.1, -0.05) is 32.9 Å². The second-order valence-electron chi connectivity index (χ2n) is 6.60. The van der Waals surface area contributed by atoms with Crippen molar-refractivity contribution in [3.05, 3.63) is 29.8 Å². The van der Waals surface area contributed by atoms with Crippen molar-refractivity contribution >= 4 is 23.6 Å². The van der Waals surface area contributed by atoms with Crippen molar-refractivity contribution in [1.29, 1.82) is 5.26 Å². The number of hydroxylamine groups is 1. The van der Waals surface area contributed by atoms with Crippen LogP contribution in [-0.4, -0.2) is 11.9 Å². The van der Waals surface area contributed by atoms with Crippen LogP contribution in [-0.2, 0) is 9.63 Å². The van der Waals surface area contributed by atoms with Gasteiger partial charge in [-0.05, 0) is 54.5 Å². The van der Waals surface area contributed by atoms with Crippen molar-refractivity contribution in [1.82, 2.24) is 5.48 Å². The lowest BCUT2D eigenvalue weighted by molar-refractivity contribution is -0.139. The summed E-state index contributed by atoms with van der Waals surface area (Å²) in [5.74, 6) is 0.0498. The largest absolute Gasteiger partial charge is 0.364 e. The van der Waals surface area contributed by atoms with Gasteiger partial charge in [0.15, 0.2) is 0 Å². The first kappa shape index (κ1) is 18.3. The van der Waals surface area contributed by atoms with E-state index in [1.54, 1.807) is 24.3 Å². The van der Waals surface area contributed by atoms with E-state index in [-0.39, 0.29) is 29.2 Å². The Hall–Kier alpha value is -2.00. The summed E-state index contributed by atoms with van der Waals surface area (Å²) < 4.78 is 0. The molecule has 6 heteroatoms. The zero-order valence-electron chi connectivity index (χ0n) is 14.1. The Labute approximate surface area is 146 Å². The van der Waals surface area contributed by atoms with Gasteiger partial charge in [-0.3, -0.25) is 4.79 Å². The third-order valence-electron chi connectivity index (χ3n) is 4.58. The van der Waals surface area contributed by atoms with Gasteiger partial charge < -0.3 is 4.84 Å². The predicted molar refractivity (Wildman–Crippen MR) is 91.7 cm³/mol. The van der Waals surface area contributed by atoms with E-state index in [1.807, 2.05) is 5.40 Å². The average molecular weight is 346 g/mol. The van der Waals surface area contributed by atoms with Crippen LogP contribution in [0.4, 0.5) is 0 Å². The molecular weight excluding hydrogens is 324 g/mol. The third-order valence-corrected chi connectivity index (χ3v) is 5.25. The van der Waals surface area contributed by atoms with E-state index < -0.39 is 5.97 Å². The number of hydrogen-bond acceptors (Lipinski definition) is 5. The van der Waals surface area contributed by atoms with Crippen LogP contribution in [0.5, 0.6) is 0 Å². The topological polar surface area (TPSA) is 79.2 Å². The number of thiocyanates is 1. The Bertz CT molecular complexity index is 644. The molecule has 0 radical (unpaired) electrons. The second-order valence-corrected chi connectivity index (χ2v) is 7.43. The van der Waals surface area contributed by atoms with Gasteiger partial charge in [0.1, 0.15) is 5.40 Å². The lowest BCUT2D eigenvalue weighted by Gasteiger charge is -2.36. The van der Waals surface area contributed by atoms with Crippen LogP contribution < -0.4 is 5.48 Å². The van der Waals surface area contributed by atoms with Crippen molar-refractivity contribution in [2.24, 2.45) is 23.7 Å². The van der Waals surface area contributed by atoms with Crippen LogP contribution in [0.1, 0.15) is 44.0 Å². The Kier molecular flexibility index (Phi) is 6.27. The number of benzene rings is 1. The number of thioether (sulfide) groups is 1. The minimum Gasteiger partial charge on any atom is -0.335 e. The molecular formula is C18H22N2O3S. The molecule has 2 rings (SSSR count). The molecule has 1 aromatic rings. The molecule has 1 aliphatic rings. The summed E-state index contributed by atoms with van der Waals surface area (Å²) in [7, 11) is 0. The SMILES string of the molecule is CC1CC(C)C(C(=O)NOC(=O)c2ccccc2SC#N)C(C)C1. The van der Waals surface area contributed by atoms with Crippen molar-refractivity contribution in [3.63, 3.8) is 0 Å². The number of amides is 1. The van der Waals surface area contributed by atoms with E-state index in [1.165, 1.54) is 0 Å². The highest BCUT2D eigenvalue weighted by molar-refractivity contribution is 8.03. The number of nitrogens with zero attached hydrogens (tertiary/aromatic N) is 1. The third kappa shape index (κ3) is 4.30. The van der Waals surface area contributed by atoms with E-state index in [9.17, 15) is 9.59 Å². The van der Waals surface area contributed by atoms with Crippen molar-refractivity contribution in [3.8, 4) is 5.40 Å². The summed E-state index contributed by atoms with van der Waals surface area (Å²) >= 11 is 0.886. The van der Waals surface area contributed by atoms with Gasteiger partial charge >= 0.3 is 5.97 Å². The minimum absolute atomic E-state index is 0.155. The molecule has 1 N–H and O–H groups in total. The molecule has 0 bridgehead atoms. The molecule has 24 heavy (non-hydrogen) atoms. The van der Waals surface area contributed by atoms with Gasteiger partial charge in [0.25, 0.3) is 5.91 Å². The molecule has 1 fully saturated rings. The number of rotatable bonds is 3. The highest BCUT2D eigenvalue weighted by Gasteiger charge is 2.36. The molecule has 0 heterocycles. The summed E-state index contributed by atoms with van der Waals surface area (Å²) in [6.07, 6.45) is 2.00. The fraction of sp³-hybridized carbons (Fsp3) is 0.500. The zero-order valence-corrected chi connectivity index (χ0v) is 14.9. The Morgan fingerprint density at radius 3 is 2.46 bits per heavy atom. The maximum Gasteiger partial charge on any atom is 0.364 e. The molecule has 0 aliphatic heterocycles. The Morgan fingerprint density at radius 1 is 1.21 bits per heavy atom. The summed E-state index contributed by atoms with van der Waals surface area (Å²) in [6, 6.07) is 6.66. The van der Waals surface area contributed by atoms with E-state index >= 15 is 0 Å². The minimum atomic E-state index is -0.661. The average Bonchev–Trinajstić information content (AvgIpc) is 2.52. The first-order chi connectivity index (χ1) is 11.4. The number of carbonyl (C=O) groups excluding carboxylic acids is 2. The molecule has 1 aliphatic carbocycles. The molecule has 0 aromatic heterocycles. The van der Waals surface area contributed by atoms with Gasteiger partial charge in [-0.2, -0.15) is 10.7 Å². The van der Waals surface area contributed by atoms with E-state index in [4.69, 9.17) is 10.1 Å². The number of carbonyl (C=O) groups is 2. The van der Waals surface area contributed by atoms with E-state index in [0.29, 0.717) is 10.8 Å². The summed E-state index contributed by atoms with van der Waals surface area (Å²) in [5, 5.41) is 10.7. The lowest BCUT2D eigenvalue weighted by Crippen LogP contribution is -2.42. The van der Waals surface area contributed by atoms with Crippen molar-refractivity contribution in [2.75, 3.05) is 0 Å². The highest BCUT2D eigenvalue weighted by Crippen LogP contribution is 2.37. The standard InChI is InChI=1S/C18H22N2O3S/c1-11-8-12(2)16(13(3)9-11)17(21)20-23-18(22)14-6-4-5-7-15(14)24-10-19/h4-7,11-13,16H,8-9H2,1-3H3,(H,20,21). The van der Waals surface area contributed by atoms with Crippen LogP contribution in [0.2, 0.25) is 0 Å². The van der Waals surface area contributed by atoms with Crippen LogP contribution in [0.3, 0.4) is 0 Å². The first-order valence-corrected chi connectivity index (χ1v) is 8.91. The molecule has 1 saturated carbocycles. The molecule has 0 spiro atoms. The maximum atomic E-state index is 12.4. The Morgan fingerprint density at radius 2 is 1.83 bits per heavy atom. The number of hydrogen-bond donors (Lipinski definition) is 1. The monoisotopic (exact) mass is 346 g/mol. The molecule has 0 saturated heterocycles. The summed E-state index contributed by atoms with van der Waals surface area (Å²) in [6.45, 7) is 6.33. The fourth-order valence-corrected chi connectivity index (χ4v) is 4.24. The maximum absolute atomic E-state index is 12.4. The van der Waals surface area contributed by atoms with Crippen LogP contribution >= 0.6 is 11.8 Å². The lowest BCUT2D eigenvalue weighted by atomic mass is 9.69. The molecule has 1 aromatic carbocycles. The van der Waals surface area contributed by atoms with Crippen LogP contribution in [0, 0.1) is 34.3 Å². The molecule has 5 nitrogen and oxygen atoms in total. The molecule has 2 atom stereocenters. The number of nitriles is 1. The van der Waals surface area contributed by atoms with Gasteiger partial charge in [0.2, 0.25) is 0 Å². The predicted octanol–water partition coefficient (Wildman–Crippen LogP) is 3.77. The van der Waals surface area contributed by atoms with Gasteiger partial charge in [-0.25, -0.2) is 4.79 Å². The summed E-state index contributed by atoms with van der Waals surface area (Å²) in [5.41, 5.74) is 2.58. The Balaban J connectivity index is 1.99. The first-order valence-electron chi connectivity index (χ1n) is 8.10. The molecule has 1 amide bonds. The molecule has 128 valence electrons. The van der Waals surface area contributed by atoms with Crippen molar-refractivity contribution < 1.29 is 14.4 Å². The molecule has 2 unspecified atom stereocenters. The normalized spacial score (nSPS) is 26.2. The fourth-order valence-electron chi connectivity index (χ4n) is 3.73. The van der Waals surface area contributed by atoms with E-state index in [2.05, 4.69) is 26.3 Å². The van der Waals surface area contributed by atoms with Crippen LogP contribution in [0.25, 0.3) is 0 Å². The quantitative estimate of drug-likeness (QED) is 0.512. The summed E-state index contributed by atoms with van der Waals surface area (Å²) in [4.78, 5) is 30.1. The smallest absolute Gasteiger partial charge is 0.335 e. The van der Waals surface area contributed by atoms with Gasteiger partial charge in [0, 0.05) is 10.8 Å². The van der Waals surface area contributed by atoms with Crippen molar-refractivity contribution in [2.45, 2.75) is 38.5 Å². The van der Waals surface area contributed by atoms with Gasteiger partial charge in [0.05, 0.1) is 5.56 Å². The zero-order chi connectivity index (χ0) is 17.7. The second kappa shape index (κ2) is 8.20. The van der Waals surface area contributed by atoms with Gasteiger partial charge in [-0.15, -0.1) is 0 Å².